The van der Waals surface area contributed by atoms with Crippen LogP contribution in [0.3, 0.4) is 0 Å². The van der Waals surface area contributed by atoms with Gasteiger partial charge < -0.3 is 14.3 Å². The third kappa shape index (κ3) is 4.45. The van der Waals surface area contributed by atoms with Crippen molar-refractivity contribution in [1.82, 2.24) is 0 Å². The van der Waals surface area contributed by atoms with Crippen LogP contribution in [-0.4, -0.2) is 25.4 Å². The van der Waals surface area contributed by atoms with E-state index in [2.05, 4.69) is 9.99 Å². The smallest absolute Gasteiger partial charge is 0.331 e. The number of ether oxygens (including phenoxy) is 2. The Balaban J connectivity index is 2.91. The molecule has 0 aromatic heterocycles. The van der Waals surface area contributed by atoms with Crippen LogP contribution in [-0.2, 0) is 9.63 Å². The van der Waals surface area contributed by atoms with Gasteiger partial charge in [0.05, 0.1) is 19.4 Å². The molecule has 18 heavy (non-hydrogen) atoms. The van der Waals surface area contributed by atoms with Gasteiger partial charge in [0.25, 0.3) is 0 Å². The maximum Gasteiger partial charge on any atom is 0.331 e. The second kappa shape index (κ2) is 7.32. The third-order valence-electron chi connectivity index (χ3n) is 1.97. The van der Waals surface area contributed by atoms with Gasteiger partial charge in [0.2, 0.25) is 0 Å². The Bertz CT molecular complexity index is 429. The standard InChI is InChI=1S/C13H17NO4/c1-4-16-12-6-7-13(17-5-2)11(8-12)9-14-18-10(3)15/h6-9H,4-5H2,1-3H3. The van der Waals surface area contributed by atoms with Crippen LogP contribution in [0.4, 0.5) is 0 Å². The molecule has 98 valence electrons. The zero-order valence-corrected chi connectivity index (χ0v) is 10.8. The SMILES string of the molecule is CCOc1ccc(OCC)c(C=NOC(C)=O)c1. The molecule has 1 rings (SSSR count). The average Bonchev–Trinajstić information content (AvgIpc) is 2.32. The second-order valence-electron chi connectivity index (χ2n) is 3.38. The lowest BCUT2D eigenvalue weighted by atomic mass is 10.2. The van der Waals surface area contributed by atoms with E-state index in [1.54, 1.807) is 12.1 Å². The van der Waals surface area contributed by atoms with Crippen molar-refractivity contribution < 1.29 is 19.1 Å². The van der Waals surface area contributed by atoms with Crippen LogP contribution in [0.15, 0.2) is 23.4 Å². The number of hydrogen-bond acceptors (Lipinski definition) is 5. The Hall–Kier alpha value is -2.04. The number of benzene rings is 1. The van der Waals surface area contributed by atoms with Crippen molar-refractivity contribution in [3.05, 3.63) is 23.8 Å². The van der Waals surface area contributed by atoms with E-state index in [1.807, 2.05) is 19.9 Å². The molecule has 0 spiro atoms. The van der Waals surface area contributed by atoms with Crippen LogP contribution < -0.4 is 9.47 Å². The molecule has 5 heteroatoms. The number of rotatable bonds is 6. The van der Waals surface area contributed by atoms with E-state index in [9.17, 15) is 4.79 Å². The minimum absolute atomic E-state index is 0.467. The lowest BCUT2D eigenvalue weighted by Gasteiger charge is -2.09. The Kier molecular flexibility index (Phi) is 5.70. The van der Waals surface area contributed by atoms with E-state index >= 15 is 0 Å². The normalized spacial score (nSPS) is 10.4. The molecule has 0 saturated heterocycles. The summed E-state index contributed by atoms with van der Waals surface area (Å²) in [6, 6.07) is 5.39. The van der Waals surface area contributed by atoms with Crippen molar-refractivity contribution in [3.63, 3.8) is 0 Å². The van der Waals surface area contributed by atoms with Crippen molar-refractivity contribution in [1.29, 1.82) is 0 Å². The lowest BCUT2D eigenvalue weighted by molar-refractivity contribution is -0.140. The summed E-state index contributed by atoms with van der Waals surface area (Å²) in [5.74, 6) is 0.909. The highest BCUT2D eigenvalue weighted by Crippen LogP contribution is 2.23. The monoisotopic (exact) mass is 251 g/mol. The summed E-state index contributed by atoms with van der Waals surface area (Å²) in [5, 5.41) is 3.58. The summed E-state index contributed by atoms with van der Waals surface area (Å²) >= 11 is 0. The van der Waals surface area contributed by atoms with Crippen molar-refractivity contribution in [2.45, 2.75) is 20.8 Å². The zero-order chi connectivity index (χ0) is 13.4. The molecule has 0 atom stereocenters. The van der Waals surface area contributed by atoms with Gasteiger partial charge in [0, 0.05) is 12.5 Å². The summed E-state index contributed by atoms with van der Waals surface area (Å²) < 4.78 is 10.8. The Labute approximate surface area is 106 Å². The molecule has 0 saturated carbocycles. The van der Waals surface area contributed by atoms with Gasteiger partial charge in [0.15, 0.2) is 0 Å². The summed E-state index contributed by atoms with van der Waals surface area (Å²) in [4.78, 5) is 15.1. The summed E-state index contributed by atoms with van der Waals surface area (Å²) in [7, 11) is 0. The number of hydrogen-bond donors (Lipinski definition) is 0. The highest BCUT2D eigenvalue weighted by molar-refractivity contribution is 5.84. The van der Waals surface area contributed by atoms with Crippen molar-refractivity contribution in [2.24, 2.45) is 5.16 Å². The van der Waals surface area contributed by atoms with E-state index in [-0.39, 0.29) is 0 Å². The van der Waals surface area contributed by atoms with Crippen LogP contribution in [0, 0.1) is 0 Å². The topological polar surface area (TPSA) is 57.1 Å². The minimum Gasteiger partial charge on any atom is -0.494 e. The van der Waals surface area contributed by atoms with Gasteiger partial charge in [-0.25, -0.2) is 4.79 Å². The van der Waals surface area contributed by atoms with Crippen molar-refractivity contribution in [2.75, 3.05) is 13.2 Å². The third-order valence-corrected chi connectivity index (χ3v) is 1.97. The second-order valence-corrected chi connectivity index (χ2v) is 3.38. The predicted octanol–water partition coefficient (Wildman–Crippen LogP) is 2.38. The first kappa shape index (κ1) is 14.0. The molecular formula is C13H17NO4. The van der Waals surface area contributed by atoms with Gasteiger partial charge in [-0.05, 0) is 32.0 Å². The Morgan fingerprint density at radius 2 is 2.00 bits per heavy atom. The summed E-state index contributed by atoms with van der Waals surface area (Å²) in [6.07, 6.45) is 1.43. The van der Waals surface area contributed by atoms with Crippen LogP contribution in [0.25, 0.3) is 0 Å². The predicted molar refractivity (Wildman–Crippen MR) is 68.1 cm³/mol. The van der Waals surface area contributed by atoms with Crippen LogP contribution in [0.2, 0.25) is 0 Å². The fourth-order valence-electron chi connectivity index (χ4n) is 1.33. The molecule has 1 aromatic rings. The molecule has 0 aliphatic carbocycles. The quantitative estimate of drug-likeness (QED) is 0.442. The molecule has 0 aliphatic heterocycles. The largest absolute Gasteiger partial charge is 0.494 e. The molecule has 0 fully saturated rings. The molecule has 0 heterocycles. The molecule has 1 aromatic carbocycles. The Morgan fingerprint density at radius 1 is 1.28 bits per heavy atom. The zero-order valence-electron chi connectivity index (χ0n) is 10.8. The molecule has 0 unspecified atom stereocenters. The van der Waals surface area contributed by atoms with E-state index in [0.29, 0.717) is 30.3 Å². The van der Waals surface area contributed by atoms with Gasteiger partial charge in [-0.2, -0.15) is 0 Å². The maximum absolute atomic E-state index is 10.6. The van der Waals surface area contributed by atoms with Crippen molar-refractivity contribution >= 4 is 12.2 Å². The summed E-state index contributed by atoms with van der Waals surface area (Å²) in [5.41, 5.74) is 0.698. The van der Waals surface area contributed by atoms with E-state index in [0.717, 1.165) is 0 Å². The van der Waals surface area contributed by atoms with Gasteiger partial charge in [-0.15, -0.1) is 0 Å². The van der Waals surface area contributed by atoms with E-state index < -0.39 is 5.97 Å². The van der Waals surface area contributed by atoms with Gasteiger partial charge in [-0.1, -0.05) is 5.16 Å². The van der Waals surface area contributed by atoms with E-state index in [4.69, 9.17) is 9.47 Å². The van der Waals surface area contributed by atoms with Crippen molar-refractivity contribution in [3.8, 4) is 11.5 Å². The molecular weight excluding hydrogens is 234 g/mol. The molecule has 5 nitrogen and oxygen atoms in total. The summed E-state index contributed by atoms with van der Waals surface area (Å²) in [6.45, 7) is 6.21. The fourth-order valence-corrected chi connectivity index (χ4v) is 1.33. The van der Waals surface area contributed by atoms with Gasteiger partial charge in [0.1, 0.15) is 11.5 Å². The first-order valence-electron chi connectivity index (χ1n) is 5.78. The van der Waals surface area contributed by atoms with E-state index in [1.165, 1.54) is 13.1 Å². The molecule has 0 N–H and O–H groups in total. The van der Waals surface area contributed by atoms with Crippen LogP contribution in [0.5, 0.6) is 11.5 Å². The first-order valence-corrected chi connectivity index (χ1v) is 5.78. The lowest BCUT2D eigenvalue weighted by Crippen LogP contribution is -1.99. The number of carbonyl (C=O) groups excluding carboxylic acids is 1. The van der Waals surface area contributed by atoms with Gasteiger partial charge >= 0.3 is 5.97 Å². The molecule has 0 amide bonds. The number of nitrogens with zero attached hydrogens (tertiary/aromatic N) is 1. The fraction of sp³-hybridized carbons (Fsp3) is 0.385. The molecule has 0 aliphatic rings. The maximum atomic E-state index is 10.6. The Morgan fingerprint density at radius 3 is 2.61 bits per heavy atom. The van der Waals surface area contributed by atoms with Crippen LogP contribution in [0.1, 0.15) is 26.3 Å². The minimum atomic E-state index is -0.467. The first-order chi connectivity index (χ1) is 8.67. The highest BCUT2D eigenvalue weighted by atomic mass is 16.7. The van der Waals surface area contributed by atoms with Gasteiger partial charge in [-0.3, -0.25) is 0 Å². The number of carbonyl (C=O) groups is 1. The number of oxime groups is 1. The highest BCUT2D eigenvalue weighted by Gasteiger charge is 2.04. The van der Waals surface area contributed by atoms with Crippen LogP contribution >= 0.6 is 0 Å². The molecule has 0 radical (unpaired) electrons. The average molecular weight is 251 g/mol. The molecule has 0 bridgehead atoms.